The van der Waals surface area contributed by atoms with Gasteiger partial charge in [0.2, 0.25) is 11.8 Å². The highest BCUT2D eigenvalue weighted by atomic mass is 16.2. The molecule has 4 nitrogen and oxygen atoms in total. The number of hydrogen-bond donors (Lipinski definition) is 2. The molecule has 0 aliphatic heterocycles. The molecule has 4 heteroatoms. The van der Waals surface area contributed by atoms with Crippen LogP contribution in [0.4, 0.5) is 0 Å². The Hall–Kier alpha value is -1.84. The fourth-order valence-corrected chi connectivity index (χ4v) is 3.89. The first kappa shape index (κ1) is 17.0. The molecule has 2 aliphatic carbocycles. The first-order chi connectivity index (χ1) is 11.7. The van der Waals surface area contributed by atoms with Gasteiger partial charge in [0.15, 0.2) is 0 Å². The van der Waals surface area contributed by atoms with Gasteiger partial charge in [-0.2, -0.15) is 0 Å². The average molecular weight is 328 g/mol. The van der Waals surface area contributed by atoms with E-state index in [2.05, 4.69) is 16.7 Å². The number of benzene rings is 1. The molecule has 0 unspecified atom stereocenters. The van der Waals surface area contributed by atoms with Crippen molar-refractivity contribution in [3.05, 3.63) is 35.4 Å². The molecule has 0 heterocycles. The summed E-state index contributed by atoms with van der Waals surface area (Å²) in [4.78, 5) is 24.2. The van der Waals surface area contributed by atoms with Gasteiger partial charge in [-0.25, -0.2) is 0 Å². The van der Waals surface area contributed by atoms with Gasteiger partial charge in [0, 0.05) is 24.9 Å². The second kappa shape index (κ2) is 8.32. The van der Waals surface area contributed by atoms with Crippen molar-refractivity contribution in [2.24, 2.45) is 11.8 Å². The van der Waals surface area contributed by atoms with Crippen molar-refractivity contribution in [2.75, 3.05) is 0 Å². The van der Waals surface area contributed by atoms with Gasteiger partial charge in [0.25, 0.3) is 0 Å². The van der Waals surface area contributed by atoms with E-state index in [0.29, 0.717) is 13.1 Å². The van der Waals surface area contributed by atoms with Gasteiger partial charge in [-0.15, -0.1) is 0 Å². The third-order valence-electron chi connectivity index (χ3n) is 5.38. The molecule has 0 aromatic heterocycles. The van der Waals surface area contributed by atoms with Crippen molar-refractivity contribution < 1.29 is 9.59 Å². The normalized spacial score (nSPS) is 18.7. The fraction of sp³-hybridized carbons (Fsp3) is 0.600. The molecule has 3 rings (SSSR count). The molecule has 0 saturated heterocycles. The lowest BCUT2D eigenvalue weighted by Crippen LogP contribution is -2.29. The van der Waals surface area contributed by atoms with Gasteiger partial charge in [0.05, 0.1) is 0 Å². The quantitative estimate of drug-likeness (QED) is 0.842. The minimum absolute atomic E-state index is 0.187. The monoisotopic (exact) mass is 328 g/mol. The van der Waals surface area contributed by atoms with Gasteiger partial charge >= 0.3 is 0 Å². The SMILES string of the molecule is O=C(NCc1cccc(CNC(=O)C2CCCC2)c1)C1CCCC1. The van der Waals surface area contributed by atoms with E-state index >= 15 is 0 Å². The summed E-state index contributed by atoms with van der Waals surface area (Å²) in [7, 11) is 0. The molecule has 0 radical (unpaired) electrons. The van der Waals surface area contributed by atoms with Crippen LogP contribution < -0.4 is 10.6 Å². The molecule has 0 spiro atoms. The minimum Gasteiger partial charge on any atom is -0.352 e. The summed E-state index contributed by atoms with van der Waals surface area (Å²) < 4.78 is 0. The standard InChI is InChI=1S/C20H28N2O2/c23-19(17-8-1-2-9-17)21-13-15-6-5-7-16(12-15)14-22-20(24)18-10-3-4-11-18/h5-7,12,17-18H,1-4,8-11,13-14H2,(H,21,23)(H,22,24). The Morgan fingerprint density at radius 1 is 0.792 bits per heavy atom. The number of carbonyl (C=O) groups is 2. The Morgan fingerprint density at radius 3 is 1.62 bits per heavy atom. The topological polar surface area (TPSA) is 58.2 Å². The molecule has 2 fully saturated rings. The molecule has 24 heavy (non-hydrogen) atoms. The highest BCUT2D eigenvalue weighted by Crippen LogP contribution is 2.25. The molecular formula is C20H28N2O2. The van der Waals surface area contributed by atoms with Crippen molar-refractivity contribution in [1.29, 1.82) is 0 Å². The van der Waals surface area contributed by atoms with Crippen LogP contribution in [0.5, 0.6) is 0 Å². The van der Waals surface area contributed by atoms with Crippen LogP contribution in [0.3, 0.4) is 0 Å². The van der Waals surface area contributed by atoms with Crippen LogP contribution in [-0.4, -0.2) is 11.8 Å². The number of amides is 2. The van der Waals surface area contributed by atoms with E-state index in [4.69, 9.17) is 0 Å². The summed E-state index contributed by atoms with van der Waals surface area (Å²) in [6, 6.07) is 8.12. The molecule has 0 atom stereocenters. The second-order valence-electron chi connectivity index (χ2n) is 7.22. The summed E-state index contributed by atoms with van der Waals surface area (Å²) in [6.07, 6.45) is 8.81. The number of rotatable bonds is 6. The van der Waals surface area contributed by atoms with Crippen LogP contribution >= 0.6 is 0 Å². The highest BCUT2D eigenvalue weighted by Gasteiger charge is 2.23. The number of hydrogen-bond acceptors (Lipinski definition) is 2. The lowest BCUT2D eigenvalue weighted by Gasteiger charge is -2.12. The maximum atomic E-state index is 12.1. The minimum atomic E-state index is 0.187. The van der Waals surface area contributed by atoms with Crippen molar-refractivity contribution in [3.8, 4) is 0 Å². The highest BCUT2D eigenvalue weighted by molar-refractivity contribution is 5.79. The summed E-state index contributed by atoms with van der Waals surface area (Å²) in [5.74, 6) is 0.789. The predicted molar refractivity (Wildman–Crippen MR) is 94.1 cm³/mol. The fourth-order valence-electron chi connectivity index (χ4n) is 3.89. The Labute approximate surface area is 144 Å². The van der Waals surface area contributed by atoms with E-state index in [0.717, 1.165) is 36.8 Å². The largest absolute Gasteiger partial charge is 0.352 e. The summed E-state index contributed by atoms with van der Waals surface area (Å²) in [6.45, 7) is 1.14. The Balaban J connectivity index is 1.46. The molecule has 1 aromatic rings. The van der Waals surface area contributed by atoms with Crippen molar-refractivity contribution in [2.45, 2.75) is 64.5 Å². The maximum Gasteiger partial charge on any atom is 0.223 e. The Bertz CT molecular complexity index is 526. The Kier molecular flexibility index (Phi) is 5.89. The first-order valence-electron chi connectivity index (χ1n) is 9.35. The summed E-state index contributed by atoms with van der Waals surface area (Å²) >= 11 is 0. The van der Waals surface area contributed by atoms with Crippen molar-refractivity contribution in [3.63, 3.8) is 0 Å². The molecule has 130 valence electrons. The lowest BCUT2D eigenvalue weighted by molar-refractivity contribution is -0.125. The van der Waals surface area contributed by atoms with Gasteiger partial charge in [-0.3, -0.25) is 9.59 Å². The van der Waals surface area contributed by atoms with Crippen LogP contribution in [0.15, 0.2) is 24.3 Å². The van der Waals surface area contributed by atoms with Crippen molar-refractivity contribution in [1.82, 2.24) is 10.6 Å². The van der Waals surface area contributed by atoms with Crippen LogP contribution in [0, 0.1) is 11.8 Å². The summed E-state index contributed by atoms with van der Waals surface area (Å²) in [5, 5.41) is 6.10. The average Bonchev–Trinajstić information content (AvgIpc) is 3.31. The summed E-state index contributed by atoms with van der Waals surface area (Å²) in [5.41, 5.74) is 2.18. The maximum absolute atomic E-state index is 12.1. The molecular weight excluding hydrogens is 300 g/mol. The van der Waals surface area contributed by atoms with Crippen molar-refractivity contribution >= 4 is 11.8 Å². The Morgan fingerprint density at radius 2 is 1.21 bits per heavy atom. The van der Waals surface area contributed by atoms with Crippen LogP contribution in [-0.2, 0) is 22.7 Å². The smallest absolute Gasteiger partial charge is 0.223 e. The van der Waals surface area contributed by atoms with E-state index in [9.17, 15) is 9.59 Å². The second-order valence-corrected chi connectivity index (χ2v) is 7.22. The zero-order valence-corrected chi connectivity index (χ0v) is 14.4. The molecule has 1 aromatic carbocycles. The van der Waals surface area contributed by atoms with Gasteiger partial charge in [-0.1, -0.05) is 49.9 Å². The molecule has 2 saturated carbocycles. The first-order valence-corrected chi connectivity index (χ1v) is 9.35. The predicted octanol–water partition coefficient (Wildman–Crippen LogP) is 3.30. The van der Waals surface area contributed by atoms with Gasteiger partial charge in [0.1, 0.15) is 0 Å². The third kappa shape index (κ3) is 4.59. The van der Waals surface area contributed by atoms with Gasteiger partial charge < -0.3 is 10.6 Å². The molecule has 2 aliphatic rings. The van der Waals surface area contributed by atoms with E-state index in [1.807, 2.05) is 18.2 Å². The van der Waals surface area contributed by atoms with Crippen LogP contribution in [0.25, 0.3) is 0 Å². The number of carbonyl (C=O) groups excluding carboxylic acids is 2. The zero-order chi connectivity index (χ0) is 16.8. The van der Waals surface area contributed by atoms with Crippen LogP contribution in [0.2, 0.25) is 0 Å². The van der Waals surface area contributed by atoms with Gasteiger partial charge in [-0.05, 0) is 36.8 Å². The van der Waals surface area contributed by atoms with Crippen LogP contribution in [0.1, 0.15) is 62.5 Å². The molecule has 2 N–H and O–H groups in total. The third-order valence-corrected chi connectivity index (χ3v) is 5.38. The zero-order valence-electron chi connectivity index (χ0n) is 14.4. The van der Waals surface area contributed by atoms with E-state index in [1.54, 1.807) is 0 Å². The van der Waals surface area contributed by atoms with E-state index in [-0.39, 0.29) is 23.7 Å². The number of nitrogens with one attached hydrogen (secondary N) is 2. The molecule has 2 amide bonds. The van der Waals surface area contributed by atoms with E-state index in [1.165, 1.54) is 25.7 Å². The van der Waals surface area contributed by atoms with E-state index < -0.39 is 0 Å². The lowest BCUT2D eigenvalue weighted by atomic mass is 10.1. The molecule has 0 bridgehead atoms.